The fourth-order valence-corrected chi connectivity index (χ4v) is 4.78. The highest BCUT2D eigenvalue weighted by Crippen LogP contribution is 2.44. The van der Waals surface area contributed by atoms with Crippen LogP contribution in [0.1, 0.15) is 37.3 Å². The summed E-state index contributed by atoms with van der Waals surface area (Å²) in [5.41, 5.74) is 3.92. The predicted octanol–water partition coefficient (Wildman–Crippen LogP) is 4.10. The van der Waals surface area contributed by atoms with E-state index in [0.29, 0.717) is 17.4 Å². The minimum Gasteiger partial charge on any atom is -0.480 e. The average molecular weight is 426 g/mol. The molecule has 2 N–H and O–H groups in total. The van der Waals surface area contributed by atoms with Crippen LogP contribution >= 0.6 is 0 Å². The molecule has 0 aliphatic heterocycles. The van der Waals surface area contributed by atoms with Crippen LogP contribution in [-0.4, -0.2) is 62.0 Å². The van der Waals surface area contributed by atoms with Crippen molar-refractivity contribution in [2.75, 3.05) is 34.3 Å². The molecule has 0 radical (unpaired) electrons. The van der Waals surface area contributed by atoms with Crippen LogP contribution in [0.25, 0.3) is 11.1 Å². The van der Waals surface area contributed by atoms with Gasteiger partial charge in [0.1, 0.15) is 12.6 Å². The molecule has 0 fully saturated rings. The molecule has 2 atom stereocenters. The molecule has 0 bridgehead atoms. The highest BCUT2D eigenvalue weighted by molar-refractivity contribution is 5.81. The molecule has 0 saturated carbocycles. The van der Waals surface area contributed by atoms with Crippen molar-refractivity contribution < 1.29 is 23.9 Å². The van der Waals surface area contributed by atoms with Gasteiger partial charge in [-0.15, -0.1) is 0 Å². The molecule has 31 heavy (non-hydrogen) atoms. The number of aliphatic carboxylic acids is 1. The molecule has 0 unspecified atom stereocenters. The van der Waals surface area contributed by atoms with Gasteiger partial charge in [-0.3, -0.25) is 0 Å². The molecule has 0 saturated heterocycles. The topological polar surface area (TPSA) is 75.6 Å². The van der Waals surface area contributed by atoms with Crippen molar-refractivity contribution in [1.29, 1.82) is 0 Å². The van der Waals surface area contributed by atoms with Gasteiger partial charge in [-0.1, -0.05) is 62.4 Å². The highest BCUT2D eigenvalue weighted by atomic mass is 16.5. The Bertz CT molecular complexity index is 920. The van der Waals surface area contributed by atoms with Gasteiger partial charge in [0.15, 0.2) is 0 Å². The first-order valence-electron chi connectivity index (χ1n) is 10.7. The number of nitrogens with zero attached hydrogens (tertiary/aromatic N) is 1. The number of carboxylic acid groups (broad SMARTS) is 1. The first-order valence-corrected chi connectivity index (χ1v) is 10.7. The number of hydrogen-bond acceptors (Lipinski definition) is 3. The van der Waals surface area contributed by atoms with Crippen LogP contribution in [0, 0.1) is 5.41 Å². The molecule has 1 aliphatic rings. The van der Waals surface area contributed by atoms with Crippen LogP contribution in [-0.2, 0) is 9.53 Å². The van der Waals surface area contributed by atoms with E-state index < -0.39 is 23.5 Å². The largest absolute Gasteiger partial charge is 0.480 e. The lowest BCUT2D eigenvalue weighted by Gasteiger charge is -2.39. The third-order valence-electron chi connectivity index (χ3n) is 6.19. The Balaban J connectivity index is 1.74. The second-order valence-electron chi connectivity index (χ2n) is 9.70. The Hall–Kier alpha value is -2.86. The SMILES string of the molecule is CC[C@](C)(C[N+](C)(C)C)[C@@H](NC(=O)OCC1c2ccccc2-c2ccccc21)C(=O)O. The summed E-state index contributed by atoms with van der Waals surface area (Å²) >= 11 is 0. The summed E-state index contributed by atoms with van der Waals surface area (Å²) in [6.45, 7) is 4.61. The van der Waals surface area contributed by atoms with Crippen molar-refractivity contribution in [3.63, 3.8) is 0 Å². The maximum atomic E-state index is 12.7. The summed E-state index contributed by atoms with van der Waals surface area (Å²) in [6.07, 6.45) is -0.0845. The van der Waals surface area contributed by atoms with E-state index in [0.717, 1.165) is 22.3 Å². The molecule has 0 aromatic heterocycles. The van der Waals surface area contributed by atoms with Gasteiger partial charge in [-0.2, -0.15) is 0 Å². The van der Waals surface area contributed by atoms with E-state index in [1.165, 1.54) is 0 Å². The Morgan fingerprint density at radius 3 is 2.03 bits per heavy atom. The molecule has 2 aromatic carbocycles. The van der Waals surface area contributed by atoms with Crippen molar-refractivity contribution in [3.8, 4) is 11.1 Å². The maximum Gasteiger partial charge on any atom is 0.407 e. The fraction of sp³-hybridized carbons (Fsp3) is 0.440. The van der Waals surface area contributed by atoms with Gasteiger partial charge in [0.2, 0.25) is 0 Å². The second-order valence-corrected chi connectivity index (χ2v) is 9.70. The number of carbonyl (C=O) groups excluding carboxylic acids is 1. The van der Waals surface area contributed by atoms with Crippen molar-refractivity contribution >= 4 is 12.1 Å². The number of ether oxygens (including phenoxy) is 1. The first kappa shape index (κ1) is 22.8. The fourth-order valence-electron chi connectivity index (χ4n) is 4.78. The van der Waals surface area contributed by atoms with E-state index in [2.05, 4.69) is 29.6 Å². The Labute approximate surface area is 184 Å². The zero-order valence-corrected chi connectivity index (χ0v) is 19.0. The zero-order valence-electron chi connectivity index (χ0n) is 19.0. The van der Waals surface area contributed by atoms with Gasteiger partial charge in [0.25, 0.3) is 0 Å². The monoisotopic (exact) mass is 425 g/mol. The number of hydrogen-bond donors (Lipinski definition) is 2. The molecular formula is C25H33N2O4+. The molecule has 0 spiro atoms. The minimum absolute atomic E-state index is 0.0646. The summed E-state index contributed by atoms with van der Waals surface area (Å²) in [5.74, 6) is -1.11. The smallest absolute Gasteiger partial charge is 0.407 e. The number of nitrogens with one attached hydrogen (secondary N) is 1. The van der Waals surface area contributed by atoms with E-state index in [4.69, 9.17) is 4.74 Å². The molecule has 6 heteroatoms. The Morgan fingerprint density at radius 1 is 1.06 bits per heavy atom. The second kappa shape index (κ2) is 8.71. The summed E-state index contributed by atoms with van der Waals surface area (Å²) in [7, 11) is 6.04. The number of carboxylic acids is 1. The number of amides is 1. The van der Waals surface area contributed by atoms with Crippen molar-refractivity contribution in [2.45, 2.75) is 32.2 Å². The average Bonchev–Trinajstić information content (AvgIpc) is 3.03. The molecule has 6 nitrogen and oxygen atoms in total. The van der Waals surface area contributed by atoms with Crippen LogP contribution in [0.5, 0.6) is 0 Å². The predicted molar refractivity (Wildman–Crippen MR) is 121 cm³/mol. The number of alkyl carbamates (subject to hydrolysis) is 1. The number of fused-ring (bicyclic) bond motifs is 3. The standard InChI is InChI=1S/C25H32N2O4/c1-6-25(2,16-27(3,4)5)22(23(28)29)26-24(30)31-15-21-19-13-9-7-11-17(19)18-12-8-10-14-20(18)21/h7-14,21-22H,6,15-16H2,1-5H3,(H-,26,28,29,30)/p+1/t22-,25+/m0/s1. The van der Waals surface area contributed by atoms with E-state index in [-0.39, 0.29) is 12.5 Å². The lowest BCUT2D eigenvalue weighted by molar-refractivity contribution is -0.877. The normalized spacial score (nSPS) is 16.0. The summed E-state index contributed by atoms with van der Waals surface area (Å²) < 4.78 is 6.17. The van der Waals surface area contributed by atoms with Gasteiger partial charge < -0.3 is 19.6 Å². The van der Waals surface area contributed by atoms with Gasteiger partial charge in [-0.25, -0.2) is 9.59 Å². The van der Waals surface area contributed by atoms with Gasteiger partial charge >= 0.3 is 12.1 Å². The van der Waals surface area contributed by atoms with Gasteiger partial charge in [-0.05, 0) is 28.7 Å². The van der Waals surface area contributed by atoms with E-state index in [9.17, 15) is 14.7 Å². The Kier molecular flexibility index (Phi) is 6.41. The van der Waals surface area contributed by atoms with Crippen LogP contribution in [0.2, 0.25) is 0 Å². The number of benzene rings is 2. The van der Waals surface area contributed by atoms with Crippen LogP contribution in [0.4, 0.5) is 4.79 Å². The van der Waals surface area contributed by atoms with Gasteiger partial charge in [0.05, 0.1) is 27.7 Å². The highest BCUT2D eigenvalue weighted by Gasteiger charge is 2.43. The molecular weight excluding hydrogens is 392 g/mol. The van der Waals surface area contributed by atoms with Gasteiger partial charge in [0, 0.05) is 11.3 Å². The number of rotatable bonds is 8. The maximum absolute atomic E-state index is 12.7. The van der Waals surface area contributed by atoms with E-state index in [1.54, 1.807) is 0 Å². The molecule has 1 amide bonds. The molecule has 3 rings (SSSR count). The first-order chi connectivity index (χ1) is 14.6. The minimum atomic E-state index is -1.05. The Morgan fingerprint density at radius 2 is 1.58 bits per heavy atom. The third kappa shape index (κ3) is 4.90. The van der Waals surface area contributed by atoms with Crippen LogP contribution in [0.3, 0.4) is 0 Å². The van der Waals surface area contributed by atoms with Crippen LogP contribution < -0.4 is 5.32 Å². The van der Waals surface area contributed by atoms with Crippen LogP contribution in [0.15, 0.2) is 48.5 Å². The van der Waals surface area contributed by atoms with E-state index >= 15 is 0 Å². The number of carbonyl (C=O) groups is 2. The summed E-state index contributed by atoms with van der Waals surface area (Å²) in [5, 5.41) is 12.5. The van der Waals surface area contributed by atoms with Crippen molar-refractivity contribution in [1.82, 2.24) is 5.32 Å². The molecule has 2 aromatic rings. The van der Waals surface area contributed by atoms with Crippen molar-refractivity contribution in [2.24, 2.45) is 5.41 Å². The number of quaternary nitrogens is 1. The lowest BCUT2D eigenvalue weighted by atomic mass is 9.78. The summed E-state index contributed by atoms with van der Waals surface area (Å²) in [4.78, 5) is 24.7. The lowest BCUT2D eigenvalue weighted by Crippen LogP contribution is -2.57. The zero-order chi connectivity index (χ0) is 22.8. The summed E-state index contributed by atoms with van der Waals surface area (Å²) in [6, 6.07) is 15.2. The molecule has 0 heterocycles. The third-order valence-corrected chi connectivity index (χ3v) is 6.19. The van der Waals surface area contributed by atoms with E-state index in [1.807, 2.05) is 59.3 Å². The molecule has 1 aliphatic carbocycles. The quantitative estimate of drug-likeness (QED) is 0.625. The molecule has 166 valence electrons. The van der Waals surface area contributed by atoms with Crippen molar-refractivity contribution in [3.05, 3.63) is 59.7 Å².